The Morgan fingerprint density at radius 1 is 1.41 bits per heavy atom. The van der Waals surface area contributed by atoms with Crippen molar-refractivity contribution in [3.63, 3.8) is 0 Å². The highest BCUT2D eigenvalue weighted by molar-refractivity contribution is 6.30. The molecule has 1 amide bonds. The number of hydrogen-bond donors (Lipinski definition) is 2. The van der Waals surface area contributed by atoms with Gasteiger partial charge in [0.15, 0.2) is 0 Å². The smallest absolute Gasteiger partial charge is 0.310 e. The molecule has 1 aromatic rings. The first-order chi connectivity index (χ1) is 10.2. The van der Waals surface area contributed by atoms with Gasteiger partial charge >= 0.3 is 5.97 Å². The summed E-state index contributed by atoms with van der Waals surface area (Å²) in [4.78, 5) is 23.5. The van der Waals surface area contributed by atoms with Gasteiger partial charge in [0, 0.05) is 12.0 Å². The second-order valence-electron chi connectivity index (χ2n) is 6.39. The molecule has 0 atom stereocenters. The molecule has 6 heteroatoms. The van der Waals surface area contributed by atoms with Crippen LogP contribution in [0.4, 0.5) is 4.39 Å². The van der Waals surface area contributed by atoms with Gasteiger partial charge in [-0.2, -0.15) is 0 Å². The summed E-state index contributed by atoms with van der Waals surface area (Å²) in [5, 5.41) is 12.0. The van der Waals surface area contributed by atoms with Crippen LogP contribution in [0.5, 0.6) is 0 Å². The molecule has 4 nitrogen and oxygen atoms in total. The van der Waals surface area contributed by atoms with Crippen LogP contribution in [-0.4, -0.2) is 17.0 Å². The van der Waals surface area contributed by atoms with Crippen molar-refractivity contribution in [2.24, 2.45) is 5.41 Å². The molecule has 2 rings (SSSR count). The molecule has 0 unspecified atom stereocenters. The van der Waals surface area contributed by atoms with Crippen LogP contribution in [0.2, 0.25) is 5.02 Å². The Hall–Kier alpha value is -1.62. The summed E-state index contributed by atoms with van der Waals surface area (Å²) in [5.74, 6) is -1.92. The molecule has 1 aliphatic rings. The fraction of sp³-hybridized carbons (Fsp3) is 0.500. The van der Waals surface area contributed by atoms with Gasteiger partial charge < -0.3 is 10.4 Å². The predicted octanol–water partition coefficient (Wildman–Crippen LogP) is 3.48. The summed E-state index contributed by atoms with van der Waals surface area (Å²) in [6, 6.07) is 4.60. The Morgan fingerprint density at radius 2 is 2.05 bits per heavy atom. The van der Waals surface area contributed by atoms with Crippen molar-refractivity contribution >= 4 is 23.5 Å². The predicted molar refractivity (Wildman–Crippen MR) is 81.1 cm³/mol. The fourth-order valence-electron chi connectivity index (χ4n) is 2.82. The lowest BCUT2D eigenvalue weighted by atomic mass is 9.66. The van der Waals surface area contributed by atoms with E-state index in [0.29, 0.717) is 12.8 Å². The van der Waals surface area contributed by atoms with Crippen LogP contribution in [0.25, 0.3) is 0 Å². The zero-order chi connectivity index (χ0) is 16.5. The van der Waals surface area contributed by atoms with Crippen LogP contribution in [0.15, 0.2) is 18.2 Å². The highest BCUT2D eigenvalue weighted by Crippen LogP contribution is 2.44. The van der Waals surface area contributed by atoms with Gasteiger partial charge in [0.1, 0.15) is 5.82 Å². The molecule has 1 aromatic carbocycles. The van der Waals surface area contributed by atoms with Crippen molar-refractivity contribution in [1.29, 1.82) is 0 Å². The number of benzene rings is 1. The third-order valence-corrected chi connectivity index (χ3v) is 4.63. The monoisotopic (exact) mass is 327 g/mol. The maximum Gasteiger partial charge on any atom is 0.310 e. The quantitative estimate of drug-likeness (QED) is 0.870. The van der Waals surface area contributed by atoms with Gasteiger partial charge in [0.25, 0.3) is 0 Å². The lowest BCUT2D eigenvalue weighted by molar-refractivity contribution is -0.157. The van der Waals surface area contributed by atoms with Crippen molar-refractivity contribution in [2.45, 2.75) is 45.1 Å². The van der Waals surface area contributed by atoms with E-state index in [1.165, 1.54) is 6.07 Å². The van der Waals surface area contributed by atoms with E-state index in [4.69, 9.17) is 11.6 Å². The largest absolute Gasteiger partial charge is 0.481 e. The van der Waals surface area contributed by atoms with E-state index in [2.05, 4.69) is 5.32 Å². The van der Waals surface area contributed by atoms with Crippen molar-refractivity contribution < 1.29 is 19.1 Å². The molecule has 0 heterocycles. The Kier molecular flexibility index (Phi) is 4.47. The van der Waals surface area contributed by atoms with Crippen LogP contribution >= 0.6 is 11.6 Å². The molecular formula is C16H19ClFNO3. The minimum absolute atomic E-state index is 0.0131. The van der Waals surface area contributed by atoms with E-state index in [1.54, 1.807) is 26.0 Å². The minimum atomic E-state index is -0.977. The number of carbonyl (C=O) groups excluding carboxylic acids is 1. The molecule has 0 bridgehead atoms. The standard InChI is InChI=1S/C16H19ClFNO3/c1-15(2,10-5-3-6-11(17)13(10)18)19-12(20)9-16(14(21)22)7-4-8-16/h3,5-6H,4,7-9H2,1-2H3,(H,19,20)(H,21,22). The van der Waals surface area contributed by atoms with E-state index in [-0.39, 0.29) is 17.0 Å². The maximum atomic E-state index is 14.1. The molecule has 1 fully saturated rings. The SMILES string of the molecule is CC(C)(NC(=O)CC1(C(=O)O)CCC1)c1cccc(Cl)c1F. The van der Waals surface area contributed by atoms with Crippen molar-refractivity contribution in [1.82, 2.24) is 5.32 Å². The number of aliphatic carboxylic acids is 1. The van der Waals surface area contributed by atoms with Gasteiger partial charge in [-0.15, -0.1) is 0 Å². The number of carbonyl (C=O) groups is 2. The zero-order valence-corrected chi connectivity index (χ0v) is 13.3. The van der Waals surface area contributed by atoms with Crippen LogP contribution in [-0.2, 0) is 15.1 Å². The van der Waals surface area contributed by atoms with E-state index >= 15 is 0 Å². The summed E-state index contributed by atoms with van der Waals surface area (Å²) in [5.41, 5.74) is -1.67. The fourth-order valence-corrected chi connectivity index (χ4v) is 3.00. The molecule has 120 valence electrons. The third-order valence-electron chi connectivity index (χ3n) is 4.34. The molecule has 2 N–H and O–H groups in total. The summed E-state index contributed by atoms with van der Waals surface area (Å²) >= 11 is 5.77. The van der Waals surface area contributed by atoms with Gasteiger partial charge in [-0.25, -0.2) is 4.39 Å². The molecule has 0 saturated heterocycles. The van der Waals surface area contributed by atoms with Gasteiger partial charge in [-0.05, 0) is 32.8 Å². The second kappa shape index (κ2) is 5.88. The van der Waals surface area contributed by atoms with Gasteiger partial charge in [0.05, 0.1) is 16.0 Å². The van der Waals surface area contributed by atoms with Gasteiger partial charge in [0.2, 0.25) is 5.91 Å². The first-order valence-corrected chi connectivity index (χ1v) is 7.55. The van der Waals surface area contributed by atoms with Gasteiger partial charge in [-0.3, -0.25) is 9.59 Å². The topological polar surface area (TPSA) is 66.4 Å². The van der Waals surface area contributed by atoms with Crippen LogP contribution in [0, 0.1) is 11.2 Å². The number of carboxylic acids is 1. The average Bonchev–Trinajstić information content (AvgIpc) is 2.35. The molecule has 1 aliphatic carbocycles. The number of halogens is 2. The maximum absolute atomic E-state index is 14.1. The van der Waals surface area contributed by atoms with E-state index in [9.17, 15) is 19.1 Å². The minimum Gasteiger partial charge on any atom is -0.481 e. The first kappa shape index (κ1) is 16.7. The number of nitrogens with one attached hydrogen (secondary N) is 1. The van der Waals surface area contributed by atoms with E-state index in [1.807, 2.05) is 0 Å². The van der Waals surface area contributed by atoms with E-state index in [0.717, 1.165) is 6.42 Å². The summed E-state index contributed by atoms with van der Waals surface area (Å²) in [7, 11) is 0. The lowest BCUT2D eigenvalue weighted by Gasteiger charge is -2.38. The molecule has 22 heavy (non-hydrogen) atoms. The van der Waals surface area contributed by atoms with E-state index < -0.39 is 28.6 Å². The average molecular weight is 328 g/mol. The molecule has 0 aromatic heterocycles. The normalized spacial score (nSPS) is 16.7. The second-order valence-corrected chi connectivity index (χ2v) is 6.80. The Balaban J connectivity index is 2.13. The third kappa shape index (κ3) is 3.09. The number of hydrogen-bond acceptors (Lipinski definition) is 2. The lowest BCUT2D eigenvalue weighted by Crippen LogP contribution is -2.47. The number of carboxylic acid groups (broad SMARTS) is 1. The van der Waals surface area contributed by atoms with Gasteiger partial charge in [-0.1, -0.05) is 30.2 Å². The highest BCUT2D eigenvalue weighted by atomic mass is 35.5. The molecule has 0 radical (unpaired) electrons. The Bertz CT molecular complexity index is 611. The summed E-state index contributed by atoms with van der Waals surface area (Å²) in [6.07, 6.45) is 1.73. The van der Waals surface area contributed by atoms with Crippen LogP contribution in [0.1, 0.15) is 45.1 Å². The summed E-state index contributed by atoms with van der Waals surface area (Å²) in [6.45, 7) is 3.32. The van der Waals surface area contributed by atoms with Crippen molar-refractivity contribution in [3.05, 3.63) is 34.6 Å². The number of rotatable bonds is 5. The summed E-state index contributed by atoms with van der Waals surface area (Å²) < 4.78 is 14.1. The van der Waals surface area contributed by atoms with Crippen molar-refractivity contribution in [3.8, 4) is 0 Å². The van der Waals surface area contributed by atoms with Crippen molar-refractivity contribution in [2.75, 3.05) is 0 Å². The molecule has 0 aliphatic heterocycles. The molecule has 1 saturated carbocycles. The Morgan fingerprint density at radius 3 is 2.55 bits per heavy atom. The highest BCUT2D eigenvalue weighted by Gasteiger charge is 2.46. The zero-order valence-electron chi connectivity index (χ0n) is 12.6. The van der Waals surface area contributed by atoms with Crippen LogP contribution < -0.4 is 5.32 Å². The molecular weight excluding hydrogens is 309 g/mol. The number of amides is 1. The molecule has 0 spiro atoms. The Labute approximate surface area is 133 Å². The first-order valence-electron chi connectivity index (χ1n) is 7.17. The van der Waals surface area contributed by atoms with Crippen LogP contribution in [0.3, 0.4) is 0 Å².